The van der Waals surface area contributed by atoms with E-state index in [9.17, 15) is 0 Å². The predicted molar refractivity (Wildman–Crippen MR) is 81.0 cm³/mol. The molecule has 1 nitrogen and oxygen atoms in total. The lowest BCUT2D eigenvalue weighted by atomic mass is 9.98. The van der Waals surface area contributed by atoms with Crippen LogP contribution in [-0.4, -0.2) is 6.04 Å². The van der Waals surface area contributed by atoms with E-state index in [1.165, 1.54) is 29.5 Å². The number of aryl methyl sites for hydroxylation is 2. The zero-order valence-corrected chi connectivity index (χ0v) is 12.9. The van der Waals surface area contributed by atoms with E-state index in [4.69, 9.17) is 0 Å². The lowest BCUT2D eigenvalue weighted by Crippen LogP contribution is -2.29. The first kappa shape index (κ1) is 15.2. The highest BCUT2D eigenvalue weighted by atomic mass is 14.9. The summed E-state index contributed by atoms with van der Waals surface area (Å²) in [6.45, 7) is 13.5. The molecule has 0 aliphatic heterocycles. The van der Waals surface area contributed by atoms with Crippen molar-refractivity contribution < 1.29 is 0 Å². The van der Waals surface area contributed by atoms with Crippen LogP contribution in [0.4, 0.5) is 0 Å². The van der Waals surface area contributed by atoms with E-state index in [1.807, 2.05) is 0 Å². The fourth-order valence-electron chi connectivity index (χ4n) is 2.41. The monoisotopic (exact) mass is 247 g/mol. The smallest absolute Gasteiger partial charge is 0.0296 e. The lowest BCUT2D eigenvalue weighted by Gasteiger charge is -2.22. The summed E-state index contributed by atoms with van der Waals surface area (Å²) in [5, 5.41) is 3.72. The SMILES string of the molecule is Cc1ccc(C)c(C(C)NC(C)CCC(C)C)c1. The first-order chi connectivity index (χ1) is 8.40. The molecule has 18 heavy (non-hydrogen) atoms. The standard InChI is InChI=1S/C17H29N/c1-12(2)7-10-15(5)18-16(6)17-11-13(3)8-9-14(17)4/h8-9,11-12,15-16,18H,7,10H2,1-6H3. The van der Waals surface area contributed by atoms with Gasteiger partial charge in [-0.05, 0) is 57.6 Å². The minimum absolute atomic E-state index is 0.437. The van der Waals surface area contributed by atoms with Gasteiger partial charge in [-0.1, -0.05) is 37.6 Å². The molecule has 0 aliphatic carbocycles. The molecular weight excluding hydrogens is 218 g/mol. The molecule has 0 radical (unpaired) electrons. The van der Waals surface area contributed by atoms with Crippen LogP contribution in [0.3, 0.4) is 0 Å². The van der Waals surface area contributed by atoms with Gasteiger partial charge in [0.1, 0.15) is 0 Å². The third-order valence-corrected chi connectivity index (χ3v) is 3.61. The van der Waals surface area contributed by atoms with Crippen LogP contribution in [0.5, 0.6) is 0 Å². The summed E-state index contributed by atoms with van der Waals surface area (Å²) < 4.78 is 0. The van der Waals surface area contributed by atoms with Gasteiger partial charge >= 0.3 is 0 Å². The second kappa shape index (κ2) is 6.94. The van der Waals surface area contributed by atoms with E-state index in [1.54, 1.807) is 0 Å². The second-order valence-corrected chi connectivity index (χ2v) is 6.12. The topological polar surface area (TPSA) is 12.0 Å². The molecule has 0 aliphatic rings. The molecule has 1 N–H and O–H groups in total. The highest BCUT2D eigenvalue weighted by Gasteiger charge is 2.12. The summed E-state index contributed by atoms with van der Waals surface area (Å²) in [6.07, 6.45) is 2.56. The summed E-state index contributed by atoms with van der Waals surface area (Å²) in [4.78, 5) is 0. The summed E-state index contributed by atoms with van der Waals surface area (Å²) in [5.41, 5.74) is 4.17. The maximum atomic E-state index is 3.72. The Bertz CT molecular complexity index is 368. The van der Waals surface area contributed by atoms with Crippen molar-refractivity contribution in [3.05, 3.63) is 34.9 Å². The summed E-state index contributed by atoms with van der Waals surface area (Å²) in [6, 6.07) is 7.74. The van der Waals surface area contributed by atoms with Crippen LogP contribution in [0.1, 0.15) is 63.3 Å². The Morgan fingerprint density at radius 1 is 1.00 bits per heavy atom. The molecule has 0 heterocycles. The van der Waals surface area contributed by atoms with Crippen LogP contribution >= 0.6 is 0 Å². The van der Waals surface area contributed by atoms with E-state index in [2.05, 4.69) is 65.1 Å². The Balaban J connectivity index is 2.58. The molecule has 1 aromatic carbocycles. The Morgan fingerprint density at radius 3 is 2.28 bits per heavy atom. The highest BCUT2D eigenvalue weighted by molar-refractivity contribution is 5.32. The fraction of sp³-hybridized carbons (Fsp3) is 0.647. The molecule has 0 saturated heterocycles. The van der Waals surface area contributed by atoms with Gasteiger partial charge in [-0.15, -0.1) is 0 Å². The van der Waals surface area contributed by atoms with Crippen molar-refractivity contribution in [3.63, 3.8) is 0 Å². The minimum atomic E-state index is 0.437. The van der Waals surface area contributed by atoms with Crippen molar-refractivity contribution >= 4 is 0 Å². The van der Waals surface area contributed by atoms with Gasteiger partial charge in [0.05, 0.1) is 0 Å². The van der Waals surface area contributed by atoms with Crippen molar-refractivity contribution in [2.24, 2.45) is 5.92 Å². The van der Waals surface area contributed by atoms with Gasteiger partial charge in [-0.25, -0.2) is 0 Å². The summed E-state index contributed by atoms with van der Waals surface area (Å²) in [5.74, 6) is 0.797. The first-order valence-electron chi connectivity index (χ1n) is 7.23. The number of benzene rings is 1. The van der Waals surface area contributed by atoms with Crippen LogP contribution < -0.4 is 5.32 Å². The van der Waals surface area contributed by atoms with Crippen LogP contribution in [0, 0.1) is 19.8 Å². The van der Waals surface area contributed by atoms with Gasteiger partial charge in [0, 0.05) is 12.1 Å². The van der Waals surface area contributed by atoms with Gasteiger partial charge in [-0.3, -0.25) is 0 Å². The van der Waals surface area contributed by atoms with E-state index in [0.29, 0.717) is 12.1 Å². The number of rotatable bonds is 6. The first-order valence-corrected chi connectivity index (χ1v) is 7.23. The molecular formula is C17H29N. The summed E-state index contributed by atoms with van der Waals surface area (Å²) in [7, 11) is 0. The van der Waals surface area contributed by atoms with Crippen LogP contribution in [0.15, 0.2) is 18.2 Å². The zero-order valence-electron chi connectivity index (χ0n) is 12.9. The Morgan fingerprint density at radius 2 is 1.67 bits per heavy atom. The van der Waals surface area contributed by atoms with E-state index in [-0.39, 0.29) is 0 Å². The van der Waals surface area contributed by atoms with Crippen LogP contribution in [0.2, 0.25) is 0 Å². The molecule has 0 bridgehead atoms. The second-order valence-electron chi connectivity index (χ2n) is 6.12. The van der Waals surface area contributed by atoms with E-state index >= 15 is 0 Å². The third kappa shape index (κ3) is 4.81. The number of hydrogen-bond donors (Lipinski definition) is 1. The van der Waals surface area contributed by atoms with Gasteiger partial charge in [-0.2, -0.15) is 0 Å². The normalized spacial score (nSPS) is 14.8. The number of hydrogen-bond acceptors (Lipinski definition) is 1. The largest absolute Gasteiger partial charge is 0.308 e. The average Bonchev–Trinajstić information content (AvgIpc) is 2.29. The fourth-order valence-corrected chi connectivity index (χ4v) is 2.41. The van der Waals surface area contributed by atoms with Gasteiger partial charge in [0.2, 0.25) is 0 Å². The highest BCUT2D eigenvalue weighted by Crippen LogP contribution is 2.20. The summed E-state index contributed by atoms with van der Waals surface area (Å²) >= 11 is 0. The molecule has 2 unspecified atom stereocenters. The number of nitrogens with one attached hydrogen (secondary N) is 1. The maximum Gasteiger partial charge on any atom is 0.0296 e. The zero-order chi connectivity index (χ0) is 13.7. The van der Waals surface area contributed by atoms with Crippen molar-refractivity contribution in [1.29, 1.82) is 0 Å². The molecule has 102 valence electrons. The minimum Gasteiger partial charge on any atom is -0.308 e. The van der Waals surface area contributed by atoms with E-state index < -0.39 is 0 Å². The van der Waals surface area contributed by atoms with Gasteiger partial charge < -0.3 is 5.32 Å². The van der Waals surface area contributed by atoms with Crippen LogP contribution in [-0.2, 0) is 0 Å². The molecule has 2 atom stereocenters. The van der Waals surface area contributed by atoms with Crippen molar-refractivity contribution in [2.75, 3.05) is 0 Å². The van der Waals surface area contributed by atoms with E-state index in [0.717, 1.165) is 5.92 Å². The molecule has 1 rings (SSSR count). The molecule has 0 aromatic heterocycles. The van der Waals surface area contributed by atoms with Gasteiger partial charge in [0.15, 0.2) is 0 Å². The molecule has 1 aromatic rings. The van der Waals surface area contributed by atoms with Crippen molar-refractivity contribution in [3.8, 4) is 0 Å². The Hall–Kier alpha value is -0.820. The Kier molecular flexibility index (Phi) is 5.87. The quantitative estimate of drug-likeness (QED) is 0.763. The maximum absolute atomic E-state index is 3.72. The van der Waals surface area contributed by atoms with Crippen LogP contribution in [0.25, 0.3) is 0 Å². The van der Waals surface area contributed by atoms with Crippen molar-refractivity contribution in [1.82, 2.24) is 5.32 Å². The van der Waals surface area contributed by atoms with Gasteiger partial charge in [0.25, 0.3) is 0 Å². The van der Waals surface area contributed by atoms with Crippen molar-refractivity contribution in [2.45, 2.75) is 66.5 Å². The molecule has 0 fully saturated rings. The molecule has 0 spiro atoms. The lowest BCUT2D eigenvalue weighted by molar-refractivity contribution is 0.416. The Labute approximate surface area is 113 Å². The predicted octanol–water partition coefficient (Wildman–Crippen LogP) is 4.78. The molecule has 1 heteroatoms. The third-order valence-electron chi connectivity index (χ3n) is 3.61. The molecule has 0 amide bonds. The average molecular weight is 247 g/mol. The molecule has 0 saturated carbocycles.